The molecule has 2 atom stereocenters. The van der Waals surface area contributed by atoms with Crippen LogP contribution >= 0.6 is 0 Å². The van der Waals surface area contributed by atoms with Gasteiger partial charge in [0.05, 0.1) is 18.8 Å². The molecule has 1 N–H and O–H groups in total. The van der Waals surface area contributed by atoms with Crippen LogP contribution in [0.3, 0.4) is 0 Å². The summed E-state index contributed by atoms with van der Waals surface area (Å²) in [7, 11) is 2.14. The number of morpholine rings is 1. The van der Waals surface area contributed by atoms with Crippen molar-refractivity contribution in [3.05, 3.63) is 12.2 Å². The van der Waals surface area contributed by atoms with Gasteiger partial charge >= 0.3 is 0 Å². The van der Waals surface area contributed by atoms with E-state index in [4.69, 9.17) is 4.74 Å². The van der Waals surface area contributed by atoms with Gasteiger partial charge in [0.25, 0.3) is 0 Å². The third-order valence-electron chi connectivity index (χ3n) is 2.62. The van der Waals surface area contributed by atoms with Crippen LogP contribution in [0, 0.1) is 0 Å². The lowest BCUT2D eigenvalue weighted by Crippen LogP contribution is -2.51. The monoisotopic (exact) mass is 198 g/mol. The Kier molecular flexibility index (Phi) is 4.58. The quantitative estimate of drug-likeness (QED) is 0.678. The first-order valence-electron chi connectivity index (χ1n) is 5.34. The molecule has 82 valence electrons. The number of nitrogens with one attached hydrogen (secondary N) is 1. The summed E-state index contributed by atoms with van der Waals surface area (Å²) in [6.07, 6.45) is 0.256. The molecule has 2 unspecified atom stereocenters. The van der Waals surface area contributed by atoms with Crippen molar-refractivity contribution in [3.63, 3.8) is 0 Å². The Balaban J connectivity index is 2.53. The second kappa shape index (κ2) is 5.49. The molecule has 0 aromatic heterocycles. The normalized spacial score (nSPS) is 26.1. The van der Waals surface area contributed by atoms with Gasteiger partial charge in [-0.2, -0.15) is 0 Å². The molecule has 1 fully saturated rings. The van der Waals surface area contributed by atoms with Crippen LogP contribution in [-0.4, -0.2) is 50.3 Å². The average Bonchev–Trinajstić information content (AvgIpc) is 2.13. The molecule has 0 radical (unpaired) electrons. The Morgan fingerprint density at radius 2 is 2.43 bits per heavy atom. The van der Waals surface area contributed by atoms with Gasteiger partial charge in [-0.15, -0.1) is 0 Å². The molecule has 1 aliphatic heterocycles. The van der Waals surface area contributed by atoms with Crippen molar-refractivity contribution in [2.24, 2.45) is 0 Å². The standard InChI is InChI=1S/C11H22N2O/c1-5-12-11(9(2)3)10-8-13(4)6-7-14-10/h10-12H,2,5-8H2,1,3-4H3. The molecule has 1 saturated heterocycles. The Morgan fingerprint density at radius 1 is 1.71 bits per heavy atom. The van der Waals surface area contributed by atoms with E-state index in [0.29, 0.717) is 6.04 Å². The number of rotatable bonds is 4. The van der Waals surface area contributed by atoms with Crippen molar-refractivity contribution in [2.45, 2.75) is 26.0 Å². The van der Waals surface area contributed by atoms with Crippen molar-refractivity contribution in [3.8, 4) is 0 Å². The van der Waals surface area contributed by atoms with E-state index in [1.54, 1.807) is 0 Å². The van der Waals surface area contributed by atoms with Crippen LogP contribution in [0.4, 0.5) is 0 Å². The minimum Gasteiger partial charge on any atom is -0.374 e. The molecule has 1 aliphatic rings. The van der Waals surface area contributed by atoms with E-state index in [-0.39, 0.29) is 6.10 Å². The molecule has 3 nitrogen and oxygen atoms in total. The van der Waals surface area contributed by atoms with Gasteiger partial charge in [0.2, 0.25) is 0 Å². The third-order valence-corrected chi connectivity index (χ3v) is 2.62. The Morgan fingerprint density at radius 3 is 2.93 bits per heavy atom. The summed E-state index contributed by atoms with van der Waals surface area (Å²) < 4.78 is 5.76. The molecule has 1 heterocycles. The van der Waals surface area contributed by atoms with E-state index in [0.717, 1.165) is 31.8 Å². The van der Waals surface area contributed by atoms with Crippen LogP contribution in [0.2, 0.25) is 0 Å². The molecule has 0 aromatic rings. The fourth-order valence-corrected chi connectivity index (χ4v) is 1.86. The lowest BCUT2D eigenvalue weighted by atomic mass is 10.0. The maximum absolute atomic E-state index is 5.76. The summed E-state index contributed by atoms with van der Waals surface area (Å²) in [4.78, 5) is 2.31. The molecule has 0 spiro atoms. The lowest BCUT2D eigenvalue weighted by Gasteiger charge is -2.35. The SMILES string of the molecule is C=C(C)C(NCC)C1CN(C)CCO1. The van der Waals surface area contributed by atoms with Gasteiger partial charge in [-0.25, -0.2) is 0 Å². The van der Waals surface area contributed by atoms with Crippen molar-refractivity contribution in [2.75, 3.05) is 33.3 Å². The van der Waals surface area contributed by atoms with Crippen LogP contribution in [0.15, 0.2) is 12.2 Å². The first kappa shape index (κ1) is 11.7. The average molecular weight is 198 g/mol. The molecule has 0 aliphatic carbocycles. The largest absolute Gasteiger partial charge is 0.374 e. The predicted octanol–water partition coefficient (Wildman–Crippen LogP) is 0.871. The number of ether oxygens (including phenoxy) is 1. The minimum absolute atomic E-state index is 0.256. The highest BCUT2D eigenvalue weighted by Gasteiger charge is 2.26. The molecule has 0 aromatic carbocycles. The van der Waals surface area contributed by atoms with Gasteiger partial charge in [0.15, 0.2) is 0 Å². The maximum atomic E-state index is 5.76. The van der Waals surface area contributed by atoms with Crippen molar-refractivity contribution in [1.29, 1.82) is 0 Å². The van der Waals surface area contributed by atoms with Gasteiger partial charge in [-0.1, -0.05) is 19.1 Å². The number of hydrogen-bond donors (Lipinski definition) is 1. The van der Waals surface area contributed by atoms with Crippen molar-refractivity contribution in [1.82, 2.24) is 10.2 Å². The predicted molar refractivity (Wildman–Crippen MR) is 59.5 cm³/mol. The second-order valence-electron chi connectivity index (χ2n) is 4.05. The summed E-state index contributed by atoms with van der Waals surface area (Å²) in [5, 5.41) is 3.42. The molecule has 14 heavy (non-hydrogen) atoms. The Bertz CT molecular complexity index is 194. The lowest BCUT2D eigenvalue weighted by molar-refractivity contribution is -0.0319. The van der Waals surface area contributed by atoms with E-state index >= 15 is 0 Å². The minimum atomic E-state index is 0.256. The topological polar surface area (TPSA) is 24.5 Å². The molecule has 0 amide bonds. The number of likely N-dealkylation sites (N-methyl/N-ethyl adjacent to an activating group) is 2. The molecule has 1 rings (SSSR count). The third kappa shape index (κ3) is 3.08. The molecular weight excluding hydrogens is 176 g/mol. The summed E-state index contributed by atoms with van der Waals surface area (Å²) in [5.41, 5.74) is 1.16. The van der Waals surface area contributed by atoms with Crippen molar-refractivity contribution >= 4 is 0 Å². The van der Waals surface area contributed by atoms with Crippen LogP contribution in [-0.2, 0) is 4.74 Å². The van der Waals surface area contributed by atoms with Gasteiger partial charge in [-0.3, -0.25) is 0 Å². The summed E-state index contributed by atoms with van der Waals surface area (Å²) in [6, 6.07) is 0.294. The van der Waals surface area contributed by atoms with Crippen LogP contribution < -0.4 is 5.32 Å². The molecular formula is C11H22N2O. The summed E-state index contributed by atoms with van der Waals surface area (Å²) in [5.74, 6) is 0. The van der Waals surface area contributed by atoms with E-state index in [1.807, 2.05) is 0 Å². The number of nitrogens with zero attached hydrogens (tertiary/aromatic N) is 1. The van der Waals surface area contributed by atoms with E-state index in [2.05, 4.69) is 37.7 Å². The maximum Gasteiger partial charge on any atom is 0.0893 e. The van der Waals surface area contributed by atoms with E-state index in [9.17, 15) is 0 Å². The first-order valence-corrected chi connectivity index (χ1v) is 5.34. The molecule has 0 bridgehead atoms. The van der Waals surface area contributed by atoms with E-state index in [1.165, 1.54) is 0 Å². The Labute approximate surface area is 87.1 Å². The van der Waals surface area contributed by atoms with E-state index < -0.39 is 0 Å². The van der Waals surface area contributed by atoms with Gasteiger partial charge in [0.1, 0.15) is 0 Å². The highest BCUT2D eigenvalue weighted by atomic mass is 16.5. The highest BCUT2D eigenvalue weighted by Crippen LogP contribution is 2.12. The zero-order chi connectivity index (χ0) is 10.6. The van der Waals surface area contributed by atoms with Gasteiger partial charge in [-0.05, 0) is 20.5 Å². The van der Waals surface area contributed by atoms with Gasteiger partial charge < -0.3 is 15.0 Å². The zero-order valence-corrected chi connectivity index (χ0v) is 9.55. The molecule has 0 saturated carbocycles. The highest BCUT2D eigenvalue weighted by molar-refractivity contribution is 5.06. The Hall–Kier alpha value is -0.380. The van der Waals surface area contributed by atoms with Crippen LogP contribution in [0.1, 0.15) is 13.8 Å². The second-order valence-corrected chi connectivity index (χ2v) is 4.05. The van der Waals surface area contributed by atoms with Gasteiger partial charge in [0, 0.05) is 13.1 Å². The number of hydrogen-bond acceptors (Lipinski definition) is 3. The zero-order valence-electron chi connectivity index (χ0n) is 9.55. The first-order chi connectivity index (χ1) is 6.65. The summed E-state index contributed by atoms with van der Waals surface area (Å²) >= 11 is 0. The van der Waals surface area contributed by atoms with Crippen LogP contribution in [0.25, 0.3) is 0 Å². The smallest absolute Gasteiger partial charge is 0.0893 e. The fraction of sp³-hybridized carbons (Fsp3) is 0.818. The van der Waals surface area contributed by atoms with Crippen molar-refractivity contribution < 1.29 is 4.74 Å². The molecule has 3 heteroatoms. The van der Waals surface area contributed by atoms with Crippen LogP contribution in [0.5, 0.6) is 0 Å². The fourth-order valence-electron chi connectivity index (χ4n) is 1.86. The summed E-state index contributed by atoms with van der Waals surface area (Å²) in [6.45, 7) is 12.0.